The summed E-state index contributed by atoms with van der Waals surface area (Å²) >= 11 is 0. The van der Waals surface area contributed by atoms with Crippen molar-refractivity contribution in [3.05, 3.63) is 35.5 Å². The highest BCUT2D eigenvalue weighted by Crippen LogP contribution is 2.19. The summed E-state index contributed by atoms with van der Waals surface area (Å²) in [6.45, 7) is 1.86. The molecule has 1 amide bonds. The van der Waals surface area contributed by atoms with Crippen molar-refractivity contribution in [2.24, 2.45) is 7.05 Å². The third kappa shape index (κ3) is 2.85. The van der Waals surface area contributed by atoms with Gasteiger partial charge in [-0.15, -0.1) is 0 Å². The molecule has 0 spiro atoms. The van der Waals surface area contributed by atoms with Crippen LogP contribution in [0.4, 0.5) is 11.5 Å². The second kappa shape index (κ2) is 5.01. The maximum absolute atomic E-state index is 12.1. The molecule has 0 saturated carbocycles. The first-order valence-electron chi connectivity index (χ1n) is 5.76. The van der Waals surface area contributed by atoms with Crippen LogP contribution in [-0.2, 0) is 7.05 Å². The lowest BCUT2D eigenvalue weighted by molar-refractivity contribution is 0.102. The Labute approximate surface area is 111 Å². The van der Waals surface area contributed by atoms with E-state index in [0.717, 1.165) is 5.69 Å². The lowest BCUT2D eigenvalue weighted by Crippen LogP contribution is -2.15. The molecule has 0 radical (unpaired) electrons. The predicted molar refractivity (Wildman–Crippen MR) is 73.3 cm³/mol. The van der Waals surface area contributed by atoms with E-state index in [1.165, 1.54) is 7.11 Å². The Bertz CT molecular complexity index is 619. The second-order valence-corrected chi connectivity index (χ2v) is 4.24. The minimum absolute atomic E-state index is 0.256. The highest BCUT2D eigenvalue weighted by Gasteiger charge is 2.11. The first-order chi connectivity index (χ1) is 8.99. The Hall–Kier alpha value is -2.50. The normalized spacial score (nSPS) is 10.3. The quantitative estimate of drug-likeness (QED) is 0.821. The number of carbonyl (C=O) groups excluding carboxylic acids is 1. The van der Waals surface area contributed by atoms with Crippen LogP contribution in [0.1, 0.15) is 16.1 Å². The molecule has 0 aliphatic heterocycles. The highest BCUT2D eigenvalue weighted by atomic mass is 16.5. The van der Waals surface area contributed by atoms with E-state index in [4.69, 9.17) is 10.5 Å². The van der Waals surface area contributed by atoms with Crippen molar-refractivity contribution in [3.8, 4) is 5.75 Å². The third-order valence-electron chi connectivity index (χ3n) is 2.67. The molecule has 1 aromatic heterocycles. The molecule has 6 heteroatoms. The van der Waals surface area contributed by atoms with Crippen molar-refractivity contribution in [1.82, 2.24) is 9.78 Å². The molecule has 1 heterocycles. The number of nitrogen functional groups attached to an aromatic ring is 1. The number of benzene rings is 1. The predicted octanol–water partition coefficient (Wildman–Crippen LogP) is 1.57. The fourth-order valence-corrected chi connectivity index (χ4v) is 1.79. The van der Waals surface area contributed by atoms with Gasteiger partial charge < -0.3 is 15.8 Å². The van der Waals surface area contributed by atoms with Crippen molar-refractivity contribution in [2.45, 2.75) is 6.92 Å². The Morgan fingerprint density at radius 1 is 1.37 bits per heavy atom. The van der Waals surface area contributed by atoms with Crippen molar-refractivity contribution in [1.29, 1.82) is 0 Å². The maximum atomic E-state index is 12.1. The number of methoxy groups -OCH3 is 1. The maximum Gasteiger partial charge on any atom is 0.257 e. The number of carbonyl (C=O) groups is 1. The number of hydrogen-bond acceptors (Lipinski definition) is 4. The molecule has 0 aliphatic carbocycles. The van der Waals surface area contributed by atoms with Crippen LogP contribution in [0.25, 0.3) is 0 Å². The van der Waals surface area contributed by atoms with Crippen LogP contribution < -0.4 is 15.8 Å². The molecule has 2 aromatic rings. The number of nitrogens with one attached hydrogen (secondary N) is 1. The zero-order chi connectivity index (χ0) is 14.0. The number of amides is 1. The standard InChI is InChI=1S/C13H16N4O2/c1-8-4-12(17(2)16-8)15-13(18)9-5-10(14)7-11(6-9)19-3/h4-7H,14H2,1-3H3,(H,15,18). The van der Waals surface area contributed by atoms with Gasteiger partial charge in [-0.3, -0.25) is 9.48 Å². The van der Waals surface area contributed by atoms with Gasteiger partial charge in [0.05, 0.1) is 12.8 Å². The van der Waals surface area contributed by atoms with Crippen LogP contribution in [0, 0.1) is 6.92 Å². The Morgan fingerprint density at radius 3 is 2.68 bits per heavy atom. The molecule has 0 aliphatic rings. The number of anilines is 2. The smallest absolute Gasteiger partial charge is 0.257 e. The van der Waals surface area contributed by atoms with Gasteiger partial charge in [-0.1, -0.05) is 0 Å². The number of nitrogens with two attached hydrogens (primary N) is 1. The van der Waals surface area contributed by atoms with Gasteiger partial charge in [0, 0.05) is 30.4 Å². The van der Waals surface area contributed by atoms with E-state index in [0.29, 0.717) is 22.8 Å². The molecule has 0 bridgehead atoms. The van der Waals surface area contributed by atoms with E-state index in [2.05, 4.69) is 10.4 Å². The SMILES string of the molecule is COc1cc(N)cc(C(=O)Nc2cc(C)nn2C)c1. The number of nitrogens with zero attached hydrogens (tertiary/aromatic N) is 2. The van der Waals surface area contributed by atoms with Gasteiger partial charge in [-0.2, -0.15) is 5.10 Å². The number of rotatable bonds is 3. The molecule has 19 heavy (non-hydrogen) atoms. The van der Waals surface area contributed by atoms with Crippen LogP contribution >= 0.6 is 0 Å². The van der Waals surface area contributed by atoms with Crippen molar-refractivity contribution >= 4 is 17.4 Å². The van der Waals surface area contributed by atoms with Crippen LogP contribution in [-0.4, -0.2) is 22.8 Å². The van der Waals surface area contributed by atoms with Gasteiger partial charge >= 0.3 is 0 Å². The van der Waals surface area contributed by atoms with Crippen LogP contribution in [0.2, 0.25) is 0 Å². The lowest BCUT2D eigenvalue weighted by Gasteiger charge is -2.08. The molecule has 6 nitrogen and oxygen atoms in total. The topological polar surface area (TPSA) is 82.2 Å². The zero-order valence-corrected chi connectivity index (χ0v) is 11.1. The molecule has 1 aromatic carbocycles. The van der Waals surface area contributed by atoms with Crippen molar-refractivity contribution in [3.63, 3.8) is 0 Å². The fourth-order valence-electron chi connectivity index (χ4n) is 1.79. The van der Waals surface area contributed by atoms with E-state index >= 15 is 0 Å². The molecule has 2 rings (SSSR count). The molecule has 3 N–H and O–H groups in total. The molecule has 100 valence electrons. The summed E-state index contributed by atoms with van der Waals surface area (Å²) in [6, 6.07) is 6.68. The number of aromatic nitrogens is 2. The van der Waals surface area contributed by atoms with E-state index in [1.807, 2.05) is 6.92 Å². The van der Waals surface area contributed by atoms with Gasteiger partial charge in [0.25, 0.3) is 5.91 Å². The Morgan fingerprint density at radius 2 is 2.11 bits per heavy atom. The fraction of sp³-hybridized carbons (Fsp3) is 0.231. The van der Waals surface area contributed by atoms with Gasteiger partial charge in [0.15, 0.2) is 0 Å². The Kier molecular flexibility index (Phi) is 3.41. The number of hydrogen-bond donors (Lipinski definition) is 2. The lowest BCUT2D eigenvalue weighted by atomic mass is 10.1. The van der Waals surface area contributed by atoms with Gasteiger partial charge in [0.1, 0.15) is 11.6 Å². The monoisotopic (exact) mass is 260 g/mol. The first-order valence-corrected chi connectivity index (χ1v) is 5.76. The van der Waals surface area contributed by atoms with Crippen LogP contribution in [0.3, 0.4) is 0 Å². The molecule has 0 saturated heterocycles. The summed E-state index contributed by atoms with van der Waals surface area (Å²) in [5.74, 6) is 0.920. The van der Waals surface area contributed by atoms with E-state index in [-0.39, 0.29) is 5.91 Å². The summed E-state index contributed by atoms with van der Waals surface area (Å²) in [5.41, 5.74) is 7.48. The molecule has 0 unspecified atom stereocenters. The van der Waals surface area contributed by atoms with Crippen LogP contribution in [0.5, 0.6) is 5.75 Å². The van der Waals surface area contributed by atoms with E-state index in [9.17, 15) is 4.79 Å². The summed E-state index contributed by atoms with van der Waals surface area (Å²) in [4.78, 5) is 12.1. The molecular weight excluding hydrogens is 244 g/mol. The minimum Gasteiger partial charge on any atom is -0.497 e. The Balaban J connectivity index is 2.25. The van der Waals surface area contributed by atoms with Gasteiger partial charge in [-0.25, -0.2) is 0 Å². The largest absolute Gasteiger partial charge is 0.497 e. The van der Waals surface area contributed by atoms with Crippen molar-refractivity contribution < 1.29 is 9.53 Å². The summed E-state index contributed by atoms with van der Waals surface area (Å²) in [7, 11) is 3.30. The second-order valence-electron chi connectivity index (χ2n) is 4.24. The minimum atomic E-state index is -0.256. The highest BCUT2D eigenvalue weighted by molar-refractivity contribution is 6.04. The third-order valence-corrected chi connectivity index (χ3v) is 2.67. The zero-order valence-electron chi connectivity index (χ0n) is 11.1. The molecule has 0 atom stereocenters. The average Bonchev–Trinajstić information content (AvgIpc) is 2.67. The first kappa shape index (κ1) is 12.9. The van der Waals surface area contributed by atoms with Gasteiger partial charge in [0.2, 0.25) is 0 Å². The van der Waals surface area contributed by atoms with Crippen LogP contribution in [0.15, 0.2) is 24.3 Å². The van der Waals surface area contributed by atoms with Gasteiger partial charge in [-0.05, 0) is 19.1 Å². The molecular formula is C13H16N4O2. The summed E-state index contributed by atoms with van der Waals surface area (Å²) < 4.78 is 6.69. The summed E-state index contributed by atoms with van der Waals surface area (Å²) in [6.07, 6.45) is 0. The van der Waals surface area contributed by atoms with Crippen molar-refractivity contribution in [2.75, 3.05) is 18.2 Å². The van der Waals surface area contributed by atoms with E-state index in [1.54, 1.807) is 36.0 Å². The van der Waals surface area contributed by atoms with E-state index < -0.39 is 0 Å². The average molecular weight is 260 g/mol. The number of aryl methyl sites for hydroxylation is 2. The summed E-state index contributed by atoms with van der Waals surface area (Å²) in [5, 5.41) is 6.94. The molecule has 0 fully saturated rings. The number of ether oxygens (including phenoxy) is 1.